The molecule has 0 unspecified atom stereocenters. The first-order valence-electron chi connectivity index (χ1n) is 10.0. The zero-order valence-corrected chi connectivity index (χ0v) is 17.0. The first-order valence-corrected chi connectivity index (χ1v) is 10.0. The van der Waals surface area contributed by atoms with Crippen molar-refractivity contribution in [3.63, 3.8) is 0 Å². The van der Waals surface area contributed by atoms with E-state index in [0.29, 0.717) is 11.8 Å². The van der Waals surface area contributed by atoms with E-state index in [1.165, 1.54) is 16.8 Å². The fraction of sp³-hybridized carbons (Fsp3) is 0.435. The van der Waals surface area contributed by atoms with Crippen molar-refractivity contribution < 1.29 is 14.3 Å². The number of ether oxygens (including phenoxy) is 1. The molecule has 0 saturated carbocycles. The van der Waals surface area contributed by atoms with Gasteiger partial charge in [-0.25, -0.2) is 9.48 Å². The Morgan fingerprint density at radius 3 is 2.57 bits per heavy atom. The van der Waals surface area contributed by atoms with Crippen molar-refractivity contribution >= 4 is 11.9 Å². The van der Waals surface area contributed by atoms with Gasteiger partial charge in [0, 0.05) is 29.2 Å². The van der Waals surface area contributed by atoms with Crippen molar-refractivity contribution in [3.8, 4) is 11.3 Å². The van der Waals surface area contributed by atoms with E-state index in [2.05, 4.69) is 20.8 Å². The minimum Gasteiger partial charge on any atom is -0.463 e. The lowest BCUT2D eigenvalue weighted by Gasteiger charge is -2.30. The fourth-order valence-corrected chi connectivity index (χ4v) is 4.02. The number of aromatic nitrogens is 2. The molecule has 148 valence electrons. The summed E-state index contributed by atoms with van der Waals surface area (Å²) in [5.74, 6) is 0.152. The van der Waals surface area contributed by atoms with Gasteiger partial charge >= 0.3 is 5.97 Å². The summed E-state index contributed by atoms with van der Waals surface area (Å²) in [7, 11) is 0. The maximum Gasteiger partial charge on any atom is 0.330 e. The highest BCUT2D eigenvalue weighted by molar-refractivity contribution is 5.96. The maximum atomic E-state index is 13.0. The predicted molar refractivity (Wildman–Crippen MR) is 109 cm³/mol. The third-order valence-electron chi connectivity index (χ3n) is 5.42. The number of fused-ring (bicyclic) bond motifs is 1. The minimum absolute atomic E-state index is 0.260. The lowest BCUT2D eigenvalue weighted by Crippen LogP contribution is -2.23. The van der Waals surface area contributed by atoms with Crippen molar-refractivity contribution in [1.82, 2.24) is 9.78 Å². The number of hydrogen-bond acceptors (Lipinski definition) is 4. The summed E-state index contributed by atoms with van der Waals surface area (Å²) in [6.45, 7) is 8.58. The summed E-state index contributed by atoms with van der Waals surface area (Å²) in [5, 5.41) is 4.73. The number of carbonyl (C=O) groups is 2. The minimum atomic E-state index is -0.520. The molecule has 0 spiro atoms. The molecule has 0 fully saturated rings. The van der Waals surface area contributed by atoms with Crippen LogP contribution in [0, 0.1) is 5.92 Å². The number of allylic oxidation sites excluding steroid dienone is 1. The lowest BCUT2D eigenvalue weighted by atomic mass is 9.75. The molecule has 0 N–H and O–H groups in total. The van der Waals surface area contributed by atoms with Crippen molar-refractivity contribution in [2.75, 3.05) is 6.61 Å². The van der Waals surface area contributed by atoms with Crippen LogP contribution in [-0.4, -0.2) is 28.3 Å². The van der Waals surface area contributed by atoms with Gasteiger partial charge in [-0.2, -0.15) is 5.10 Å². The number of hydrogen-bond donors (Lipinski definition) is 0. The Kier molecular flexibility index (Phi) is 6.12. The van der Waals surface area contributed by atoms with Crippen molar-refractivity contribution in [1.29, 1.82) is 0 Å². The van der Waals surface area contributed by atoms with Crippen LogP contribution in [0.3, 0.4) is 0 Å². The van der Waals surface area contributed by atoms with Gasteiger partial charge in [-0.05, 0) is 31.6 Å². The Balaban J connectivity index is 2.12. The zero-order chi connectivity index (χ0) is 20.3. The van der Waals surface area contributed by atoms with Crippen molar-refractivity contribution in [2.45, 2.75) is 52.4 Å². The molecule has 1 heterocycles. The average molecular weight is 380 g/mol. The van der Waals surface area contributed by atoms with Crippen LogP contribution in [0.25, 0.3) is 11.3 Å². The highest BCUT2D eigenvalue weighted by atomic mass is 16.5. The van der Waals surface area contributed by atoms with Gasteiger partial charge in [0.15, 0.2) is 0 Å². The van der Waals surface area contributed by atoms with Gasteiger partial charge in [0.2, 0.25) is 0 Å². The Bertz CT molecular complexity index is 881. The third kappa shape index (κ3) is 3.93. The van der Waals surface area contributed by atoms with Crippen molar-refractivity contribution in [2.24, 2.45) is 5.92 Å². The van der Waals surface area contributed by atoms with E-state index in [4.69, 9.17) is 9.84 Å². The molecule has 0 radical (unpaired) electrons. The summed E-state index contributed by atoms with van der Waals surface area (Å²) in [6, 6.07) is 9.99. The molecule has 2 atom stereocenters. The van der Waals surface area contributed by atoms with E-state index in [9.17, 15) is 9.59 Å². The highest BCUT2D eigenvalue weighted by Crippen LogP contribution is 2.46. The standard InChI is InChI=1S/C23H28N2O3/c1-5-28-20(27)14-13-19(26)25-23-18(15(2)3)12-11-16(4)21(23)22(24-25)17-9-7-6-8-10-17/h6-10,13-16,18H,5,11-12H2,1-4H3/b14-13+/t16-,18+/m1/s1. The Morgan fingerprint density at radius 1 is 1.21 bits per heavy atom. The van der Waals surface area contributed by atoms with Crippen LogP contribution < -0.4 is 0 Å². The third-order valence-corrected chi connectivity index (χ3v) is 5.42. The van der Waals surface area contributed by atoms with Crippen LogP contribution in [-0.2, 0) is 9.53 Å². The monoisotopic (exact) mass is 380 g/mol. The number of nitrogens with zero attached hydrogens (tertiary/aromatic N) is 2. The van der Waals surface area contributed by atoms with E-state index < -0.39 is 5.97 Å². The number of rotatable bonds is 5. The first kappa shape index (κ1) is 20.1. The van der Waals surface area contributed by atoms with E-state index in [0.717, 1.165) is 35.4 Å². The molecule has 1 aromatic heterocycles. The Morgan fingerprint density at radius 2 is 1.93 bits per heavy atom. The van der Waals surface area contributed by atoms with Crippen LogP contribution >= 0.6 is 0 Å². The number of carbonyl (C=O) groups excluding carboxylic acids is 2. The van der Waals surface area contributed by atoms with Crippen LogP contribution in [0.1, 0.15) is 68.4 Å². The lowest BCUT2D eigenvalue weighted by molar-refractivity contribution is -0.137. The van der Waals surface area contributed by atoms with Crippen molar-refractivity contribution in [3.05, 3.63) is 53.7 Å². The molecule has 1 aliphatic rings. The SMILES string of the molecule is CCOC(=O)/C=C/C(=O)n1nc(-c2ccccc2)c2c1[C@H](C(C)C)CC[C@H]2C. The second-order valence-corrected chi connectivity index (χ2v) is 7.68. The molecule has 0 amide bonds. The molecule has 2 aromatic rings. The van der Waals surface area contributed by atoms with Gasteiger partial charge in [-0.15, -0.1) is 0 Å². The Hall–Kier alpha value is -2.69. The molecular weight excluding hydrogens is 352 g/mol. The van der Waals surface area contributed by atoms with Crippen LogP contribution in [0.15, 0.2) is 42.5 Å². The van der Waals surface area contributed by atoms with E-state index in [-0.39, 0.29) is 18.4 Å². The van der Waals surface area contributed by atoms with Gasteiger partial charge in [-0.3, -0.25) is 4.79 Å². The van der Waals surface area contributed by atoms with Gasteiger partial charge in [0.25, 0.3) is 5.91 Å². The molecule has 0 aliphatic heterocycles. The van der Waals surface area contributed by atoms with Gasteiger partial charge in [-0.1, -0.05) is 51.1 Å². The largest absolute Gasteiger partial charge is 0.463 e. The molecule has 0 bridgehead atoms. The van der Waals surface area contributed by atoms with E-state index in [1.807, 2.05) is 30.3 Å². The summed E-state index contributed by atoms with van der Waals surface area (Å²) >= 11 is 0. The number of esters is 1. The van der Waals surface area contributed by atoms with E-state index >= 15 is 0 Å². The summed E-state index contributed by atoms with van der Waals surface area (Å²) < 4.78 is 6.39. The molecule has 0 saturated heterocycles. The molecule has 5 nitrogen and oxygen atoms in total. The first-order chi connectivity index (χ1) is 13.4. The summed E-state index contributed by atoms with van der Waals surface area (Å²) in [6.07, 6.45) is 4.55. The normalized spacial score (nSPS) is 19.0. The molecular formula is C23H28N2O3. The van der Waals surface area contributed by atoms with Gasteiger partial charge in [0.05, 0.1) is 18.0 Å². The fourth-order valence-electron chi connectivity index (χ4n) is 4.02. The topological polar surface area (TPSA) is 61.2 Å². The summed E-state index contributed by atoms with van der Waals surface area (Å²) in [4.78, 5) is 24.6. The molecule has 5 heteroatoms. The zero-order valence-electron chi connectivity index (χ0n) is 17.0. The highest BCUT2D eigenvalue weighted by Gasteiger charge is 2.35. The molecule has 1 aliphatic carbocycles. The van der Waals surface area contributed by atoms with Crippen LogP contribution in [0.5, 0.6) is 0 Å². The van der Waals surface area contributed by atoms with Gasteiger partial charge in [0.1, 0.15) is 0 Å². The van der Waals surface area contributed by atoms with E-state index in [1.54, 1.807) is 6.92 Å². The second-order valence-electron chi connectivity index (χ2n) is 7.68. The molecule has 3 rings (SSSR count). The predicted octanol–water partition coefficient (Wildman–Crippen LogP) is 4.95. The summed E-state index contributed by atoms with van der Waals surface area (Å²) in [5.41, 5.74) is 4.03. The average Bonchev–Trinajstić information content (AvgIpc) is 3.08. The molecule has 1 aromatic carbocycles. The van der Waals surface area contributed by atoms with Crippen LogP contribution in [0.2, 0.25) is 0 Å². The maximum absolute atomic E-state index is 13.0. The Labute approximate surface area is 166 Å². The second kappa shape index (κ2) is 8.55. The van der Waals surface area contributed by atoms with Crippen LogP contribution in [0.4, 0.5) is 0 Å². The van der Waals surface area contributed by atoms with Gasteiger partial charge < -0.3 is 4.74 Å². The number of benzene rings is 1. The smallest absolute Gasteiger partial charge is 0.330 e. The quantitative estimate of drug-likeness (QED) is 0.544. The molecule has 28 heavy (non-hydrogen) atoms.